The molecule has 0 unspecified atom stereocenters. The van der Waals surface area contributed by atoms with Gasteiger partial charge in [0, 0.05) is 11.7 Å². The van der Waals surface area contributed by atoms with E-state index in [-0.39, 0.29) is 39.5 Å². The fourth-order valence-corrected chi connectivity index (χ4v) is 4.45. The smallest absolute Gasteiger partial charge is 0.293 e. The Labute approximate surface area is 196 Å². The molecule has 2 aromatic carbocycles. The van der Waals surface area contributed by atoms with Gasteiger partial charge in [-0.3, -0.25) is 13.9 Å². The molecule has 3 heterocycles. The lowest BCUT2D eigenvalue weighted by atomic mass is 10.2. The minimum absolute atomic E-state index is 0.122. The number of halogens is 4. The minimum Gasteiger partial charge on any atom is -0.293 e. The number of fused-ring (bicyclic) bond motifs is 4. The molecule has 0 spiro atoms. The van der Waals surface area contributed by atoms with E-state index in [4.69, 9.17) is 11.6 Å². The summed E-state index contributed by atoms with van der Waals surface area (Å²) in [6.07, 6.45) is -3.95. The standard InChI is InChI=1S/C24H19ClF3N5O/c1-4-12(2)32-13(3)29-21-19(23(32)34)20-22(31-18-8-6-5-7-17(18)30-20)33(21)14-9-10-16(25)15(11-14)24(26,27)28/h5-12H,4H2,1-3H3/t12-/m0/s1. The molecule has 0 N–H and O–H groups in total. The zero-order valence-electron chi connectivity index (χ0n) is 18.5. The number of para-hydroxylation sites is 2. The van der Waals surface area contributed by atoms with Crippen LogP contribution >= 0.6 is 11.6 Å². The van der Waals surface area contributed by atoms with Crippen molar-refractivity contribution in [2.45, 2.75) is 39.4 Å². The second-order valence-electron chi connectivity index (χ2n) is 8.17. The van der Waals surface area contributed by atoms with Crippen molar-refractivity contribution in [2.75, 3.05) is 0 Å². The van der Waals surface area contributed by atoms with Gasteiger partial charge in [0.15, 0.2) is 11.3 Å². The van der Waals surface area contributed by atoms with Crippen LogP contribution in [0.2, 0.25) is 5.02 Å². The molecule has 0 saturated heterocycles. The fourth-order valence-electron chi connectivity index (χ4n) is 4.23. The Morgan fingerprint density at radius 2 is 1.71 bits per heavy atom. The lowest BCUT2D eigenvalue weighted by Crippen LogP contribution is -2.26. The molecule has 34 heavy (non-hydrogen) atoms. The van der Waals surface area contributed by atoms with E-state index in [9.17, 15) is 18.0 Å². The average molecular weight is 486 g/mol. The Kier molecular flexibility index (Phi) is 5.12. The summed E-state index contributed by atoms with van der Waals surface area (Å²) >= 11 is 5.85. The average Bonchev–Trinajstić information content (AvgIpc) is 3.09. The van der Waals surface area contributed by atoms with Crippen LogP contribution < -0.4 is 5.56 Å². The Balaban J connectivity index is 1.99. The van der Waals surface area contributed by atoms with Crippen LogP contribution in [-0.2, 0) is 6.18 Å². The van der Waals surface area contributed by atoms with Gasteiger partial charge in [-0.25, -0.2) is 15.0 Å². The lowest BCUT2D eigenvalue weighted by molar-refractivity contribution is -0.137. The maximum absolute atomic E-state index is 13.7. The van der Waals surface area contributed by atoms with E-state index in [1.807, 2.05) is 13.8 Å². The molecule has 3 aromatic heterocycles. The quantitative estimate of drug-likeness (QED) is 0.303. The minimum atomic E-state index is -4.66. The molecule has 0 radical (unpaired) electrons. The maximum atomic E-state index is 13.7. The van der Waals surface area contributed by atoms with Gasteiger partial charge in [-0.15, -0.1) is 0 Å². The number of hydrogen-bond acceptors (Lipinski definition) is 4. The van der Waals surface area contributed by atoms with Crippen molar-refractivity contribution < 1.29 is 13.2 Å². The summed E-state index contributed by atoms with van der Waals surface area (Å²) in [6, 6.07) is 10.6. The van der Waals surface area contributed by atoms with Crippen LogP contribution in [0.15, 0.2) is 47.3 Å². The van der Waals surface area contributed by atoms with Crippen molar-refractivity contribution in [1.29, 1.82) is 0 Å². The highest BCUT2D eigenvalue weighted by atomic mass is 35.5. The summed E-state index contributed by atoms with van der Waals surface area (Å²) in [5, 5.41) is -0.209. The molecule has 10 heteroatoms. The normalized spacial score (nSPS) is 13.3. The number of aromatic nitrogens is 5. The molecule has 0 aliphatic rings. The predicted molar refractivity (Wildman–Crippen MR) is 126 cm³/mol. The number of hydrogen-bond donors (Lipinski definition) is 0. The number of aryl methyl sites for hydroxylation is 1. The Hall–Kier alpha value is -3.46. The van der Waals surface area contributed by atoms with Crippen LogP contribution in [0.1, 0.15) is 37.7 Å². The van der Waals surface area contributed by atoms with Gasteiger partial charge in [0.2, 0.25) is 0 Å². The molecule has 1 atom stereocenters. The van der Waals surface area contributed by atoms with Crippen molar-refractivity contribution in [2.24, 2.45) is 0 Å². The van der Waals surface area contributed by atoms with E-state index < -0.39 is 16.8 Å². The van der Waals surface area contributed by atoms with Crippen molar-refractivity contribution >= 4 is 44.8 Å². The van der Waals surface area contributed by atoms with Gasteiger partial charge >= 0.3 is 6.18 Å². The zero-order valence-corrected chi connectivity index (χ0v) is 19.2. The number of nitrogens with zero attached hydrogens (tertiary/aromatic N) is 5. The van der Waals surface area contributed by atoms with Gasteiger partial charge < -0.3 is 0 Å². The Morgan fingerprint density at radius 1 is 1.03 bits per heavy atom. The highest BCUT2D eigenvalue weighted by molar-refractivity contribution is 6.31. The van der Waals surface area contributed by atoms with Crippen molar-refractivity contribution in [1.82, 2.24) is 24.1 Å². The zero-order chi connectivity index (χ0) is 24.4. The first-order chi connectivity index (χ1) is 16.1. The SMILES string of the molecule is CC[C@H](C)n1c(C)nc2c(c1=O)c1nc3ccccc3nc1n2-c1ccc(Cl)c(C(F)(F)F)c1. The highest BCUT2D eigenvalue weighted by Gasteiger charge is 2.34. The van der Waals surface area contributed by atoms with Crippen molar-refractivity contribution in [3.8, 4) is 5.69 Å². The van der Waals surface area contributed by atoms with E-state index in [1.165, 1.54) is 16.7 Å². The molecule has 0 amide bonds. The monoisotopic (exact) mass is 485 g/mol. The number of rotatable bonds is 3. The van der Waals surface area contributed by atoms with E-state index in [0.717, 1.165) is 6.07 Å². The van der Waals surface area contributed by atoms with Crippen molar-refractivity contribution in [3.63, 3.8) is 0 Å². The van der Waals surface area contributed by atoms with E-state index in [0.29, 0.717) is 23.3 Å². The van der Waals surface area contributed by atoms with E-state index in [2.05, 4.69) is 15.0 Å². The second kappa shape index (κ2) is 7.80. The summed E-state index contributed by atoms with van der Waals surface area (Å²) in [7, 11) is 0. The van der Waals surface area contributed by atoms with Crippen LogP contribution in [0, 0.1) is 6.92 Å². The Bertz CT molecular complexity index is 1650. The number of benzene rings is 2. The second-order valence-corrected chi connectivity index (χ2v) is 8.58. The molecule has 0 fully saturated rings. The first-order valence-corrected chi connectivity index (χ1v) is 11.1. The topological polar surface area (TPSA) is 65.6 Å². The van der Waals surface area contributed by atoms with Crippen LogP contribution in [0.25, 0.3) is 38.9 Å². The maximum Gasteiger partial charge on any atom is 0.417 e. The third-order valence-corrected chi connectivity index (χ3v) is 6.36. The molecular weight excluding hydrogens is 467 g/mol. The number of alkyl halides is 3. The fraction of sp³-hybridized carbons (Fsp3) is 0.250. The van der Waals surface area contributed by atoms with E-state index >= 15 is 0 Å². The van der Waals surface area contributed by atoms with Gasteiger partial charge in [-0.05, 0) is 50.6 Å². The predicted octanol–water partition coefficient (Wildman–Crippen LogP) is 6.24. The largest absolute Gasteiger partial charge is 0.417 e. The summed E-state index contributed by atoms with van der Waals surface area (Å²) in [5.41, 5.74) is 0.674. The molecule has 0 aliphatic heterocycles. The van der Waals surface area contributed by atoms with Gasteiger partial charge in [-0.1, -0.05) is 30.7 Å². The third kappa shape index (κ3) is 3.34. The Morgan fingerprint density at radius 3 is 2.35 bits per heavy atom. The summed E-state index contributed by atoms with van der Waals surface area (Å²) < 4.78 is 43.9. The molecular formula is C24H19ClF3N5O. The summed E-state index contributed by atoms with van der Waals surface area (Å²) in [6.45, 7) is 5.58. The van der Waals surface area contributed by atoms with Crippen LogP contribution in [0.3, 0.4) is 0 Å². The molecule has 5 aromatic rings. The first-order valence-electron chi connectivity index (χ1n) is 10.7. The molecule has 0 aliphatic carbocycles. The molecule has 6 nitrogen and oxygen atoms in total. The lowest BCUT2D eigenvalue weighted by Gasteiger charge is -2.16. The third-order valence-electron chi connectivity index (χ3n) is 6.03. The molecule has 0 bridgehead atoms. The van der Waals surface area contributed by atoms with E-state index in [1.54, 1.807) is 35.8 Å². The molecule has 0 saturated carbocycles. The summed E-state index contributed by atoms with van der Waals surface area (Å²) in [5.74, 6) is 0.450. The molecule has 174 valence electrons. The molecule has 5 rings (SSSR count). The van der Waals surface area contributed by atoms with Crippen LogP contribution in [0.5, 0.6) is 0 Å². The van der Waals surface area contributed by atoms with Gasteiger partial charge in [-0.2, -0.15) is 13.2 Å². The van der Waals surface area contributed by atoms with Gasteiger partial charge in [0.25, 0.3) is 5.56 Å². The highest BCUT2D eigenvalue weighted by Crippen LogP contribution is 2.37. The van der Waals surface area contributed by atoms with Crippen LogP contribution in [0.4, 0.5) is 13.2 Å². The summed E-state index contributed by atoms with van der Waals surface area (Å²) in [4.78, 5) is 27.7. The van der Waals surface area contributed by atoms with Gasteiger partial charge in [0.1, 0.15) is 16.7 Å². The first kappa shape index (κ1) is 22.3. The van der Waals surface area contributed by atoms with Crippen molar-refractivity contribution in [3.05, 3.63) is 69.2 Å². The van der Waals surface area contributed by atoms with Gasteiger partial charge in [0.05, 0.1) is 21.6 Å². The van der Waals surface area contributed by atoms with Crippen LogP contribution in [-0.4, -0.2) is 24.1 Å².